The van der Waals surface area contributed by atoms with E-state index in [1.54, 1.807) is 20.8 Å². The van der Waals surface area contributed by atoms with Crippen LogP contribution in [0.3, 0.4) is 0 Å². The lowest BCUT2D eigenvalue weighted by Crippen LogP contribution is -2.49. The van der Waals surface area contributed by atoms with Crippen LogP contribution in [0.4, 0.5) is 0 Å². The number of aliphatic hydroxyl groups is 1. The van der Waals surface area contributed by atoms with Crippen LogP contribution in [0.25, 0.3) is 0 Å². The van der Waals surface area contributed by atoms with Crippen molar-refractivity contribution in [2.24, 2.45) is 17.3 Å². The van der Waals surface area contributed by atoms with E-state index in [4.69, 9.17) is 0 Å². The molecule has 4 atom stereocenters. The molecule has 0 aromatic heterocycles. The normalized spacial score (nSPS) is 44.5. The zero-order valence-electron chi connectivity index (χ0n) is 11.4. The maximum atomic E-state index is 12.3. The maximum absolute atomic E-state index is 12.3. The van der Waals surface area contributed by atoms with Gasteiger partial charge in [-0.3, -0.25) is 0 Å². The molecule has 0 aliphatic heterocycles. The highest BCUT2D eigenvalue weighted by Gasteiger charge is 2.65. The van der Waals surface area contributed by atoms with E-state index in [1.807, 2.05) is 0 Å². The Balaban J connectivity index is 2.30. The third kappa shape index (κ3) is 1.84. The van der Waals surface area contributed by atoms with Crippen molar-refractivity contribution in [3.05, 3.63) is 0 Å². The summed E-state index contributed by atoms with van der Waals surface area (Å²) in [4.78, 5) is 0. The first-order chi connectivity index (χ1) is 7.51. The maximum Gasteiger partial charge on any atom is 0.158 e. The molecule has 0 aromatic carbocycles. The fraction of sp³-hybridized carbons (Fsp3) is 1.00. The summed E-state index contributed by atoms with van der Waals surface area (Å²) in [5.41, 5.74) is -0.844. The predicted molar refractivity (Wildman–Crippen MR) is 68.5 cm³/mol. The van der Waals surface area contributed by atoms with Crippen molar-refractivity contribution in [3.8, 4) is 0 Å². The third-order valence-corrected chi connectivity index (χ3v) is 7.94. The molecule has 0 aromatic rings. The van der Waals surface area contributed by atoms with Crippen LogP contribution in [-0.2, 0) is 9.84 Å². The summed E-state index contributed by atoms with van der Waals surface area (Å²) >= 11 is 0. The summed E-state index contributed by atoms with van der Waals surface area (Å²) in [7, 11) is -3.21. The van der Waals surface area contributed by atoms with Gasteiger partial charge in [0.2, 0.25) is 0 Å². The van der Waals surface area contributed by atoms with Crippen molar-refractivity contribution in [2.75, 3.05) is 0 Å². The Morgan fingerprint density at radius 1 is 1.18 bits per heavy atom. The minimum atomic E-state index is -3.21. The molecule has 0 bridgehead atoms. The van der Waals surface area contributed by atoms with Gasteiger partial charge in [0, 0.05) is 0 Å². The van der Waals surface area contributed by atoms with Crippen LogP contribution in [-0.4, -0.2) is 29.6 Å². The predicted octanol–water partition coefficient (Wildman–Crippen LogP) is 2.00. The number of fused-ring (bicyclic) bond motifs is 1. The van der Waals surface area contributed by atoms with Gasteiger partial charge in [0.25, 0.3) is 0 Å². The lowest BCUT2D eigenvalue weighted by atomic mass is 9.86. The summed E-state index contributed by atoms with van der Waals surface area (Å²) in [6.07, 6.45) is 1.26. The van der Waals surface area contributed by atoms with E-state index in [-0.39, 0.29) is 5.41 Å². The highest BCUT2D eigenvalue weighted by atomic mass is 32.2. The summed E-state index contributed by atoms with van der Waals surface area (Å²) < 4.78 is 24.6. The Kier molecular flexibility index (Phi) is 2.73. The Labute approximate surface area is 105 Å². The number of sulfone groups is 1. The van der Waals surface area contributed by atoms with Crippen LogP contribution in [0.2, 0.25) is 0 Å². The number of rotatable bonds is 2. The summed E-state index contributed by atoms with van der Waals surface area (Å²) in [6.45, 7) is 9.47. The molecule has 100 valence electrons. The van der Waals surface area contributed by atoms with Crippen molar-refractivity contribution in [1.29, 1.82) is 0 Å². The van der Waals surface area contributed by atoms with E-state index >= 15 is 0 Å². The molecular weight excluding hydrogens is 236 g/mol. The van der Waals surface area contributed by atoms with Gasteiger partial charge < -0.3 is 5.11 Å². The molecule has 0 radical (unpaired) electrons. The van der Waals surface area contributed by atoms with Gasteiger partial charge in [-0.1, -0.05) is 13.8 Å². The lowest BCUT2D eigenvalue weighted by molar-refractivity contribution is 0.0215. The van der Waals surface area contributed by atoms with Crippen molar-refractivity contribution < 1.29 is 13.5 Å². The van der Waals surface area contributed by atoms with E-state index in [0.29, 0.717) is 24.7 Å². The Hall–Kier alpha value is -0.0900. The van der Waals surface area contributed by atoms with Crippen LogP contribution in [0.5, 0.6) is 0 Å². The second-order valence-corrected chi connectivity index (χ2v) is 9.65. The Morgan fingerprint density at radius 3 is 2.18 bits per heavy atom. The zero-order chi connectivity index (χ0) is 13.2. The van der Waals surface area contributed by atoms with E-state index in [1.165, 1.54) is 0 Å². The fourth-order valence-corrected chi connectivity index (χ4v) is 5.55. The monoisotopic (exact) mass is 260 g/mol. The van der Waals surface area contributed by atoms with E-state index in [2.05, 4.69) is 13.8 Å². The zero-order valence-corrected chi connectivity index (χ0v) is 12.2. The molecule has 4 heteroatoms. The van der Waals surface area contributed by atoms with Crippen LogP contribution in [0.1, 0.15) is 47.5 Å². The van der Waals surface area contributed by atoms with Gasteiger partial charge in [-0.15, -0.1) is 0 Å². The second-order valence-electron chi connectivity index (χ2n) is 6.96. The largest absolute Gasteiger partial charge is 0.389 e. The van der Waals surface area contributed by atoms with Gasteiger partial charge in [0.1, 0.15) is 0 Å². The molecule has 2 saturated carbocycles. The van der Waals surface area contributed by atoms with Gasteiger partial charge in [-0.25, -0.2) is 8.42 Å². The minimum absolute atomic E-state index is 0.214. The van der Waals surface area contributed by atoms with Crippen LogP contribution < -0.4 is 0 Å². The second kappa shape index (κ2) is 3.47. The van der Waals surface area contributed by atoms with Crippen LogP contribution >= 0.6 is 0 Å². The van der Waals surface area contributed by atoms with Gasteiger partial charge in [0.15, 0.2) is 9.84 Å². The quantitative estimate of drug-likeness (QED) is 0.826. The third-order valence-electron chi connectivity index (χ3n) is 5.14. The summed E-state index contributed by atoms with van der Waals surface area (Å²) in [5, 5.41) is 9.48. The molecule has 4 unspecified atom stereocenters. The number of hydrogen-bond acceptors (Lipinski definition) is 3. The first-order valence-electron chi connectivity index (χ1n) is 6.46. The Bertz CT molecular complexity index is 420. The molecule has 0 amide bonds. The van der Waals surface area contributed by atoms with Crippen molar-refractivity contribution in [1.82, 2.24) is 0 Å². The topological polar surface area (TPSA) is 54.4 Å². The van der Waals surface area contributed by atoms with E-state index in [9.17, 15) is 13.5 Å². The molecule has 1 N–H and O–H groups in total. The van der Waals surface area contributed by atoms with E-state index in [0.717, 1.165) is 0 Å². The van der Waals surface area contributed by atoms with Gasteiger partial charge in [-0.2, -0.15) is 0 Å². The molecule has 2 fully saturated rings. The van der Waals surface area contributed by atoms with Crippen LogP contribution in [0.15, 0.2) is 0 Å². The lowest BCUT2D eigenvalue weighted by Gasteiger charge is -2.37. The minimum Gasteiger partial charge on any atom is -0.389 e. The van der Waals surface area contributed by atoms with Gasteiger partial charge in [-0.05, 0) is 50.9 Å². The average molecular weight is 260 g/mol. The number of hydrogen-bond donors (Lipinski definition) is 1. The highest BCUT2D eigenvalue weighted by Crippen LogP contribution is 2.67. The molecule has 2 rings (SSSR count). The molecule has 3 nitrogen and oxygen atoms in total. The first kappa shape index (κ1) is 13.3. The summed E-state index contributed by atoms with van der Waals surface area (Å²) in [5.74, 6) is 0.970. The molecule has 0 spiro atoms. The fourth-order valence-electron chi connectivity index (χ4n) is 3.61. The van der Waals surface area contributed by atoms with Gasteiger partial charge in [0.05, 0.1) is 16.1 Å². The standard InChI is InChI=1S/C13H24O3S/c1-8(2)17(15,16)11-6-9-10(12(9,3)4)7-13(11,5)14/h8-11,14H,6-7H2,1-5H3. The van der Waals surface area contributed by atoms with E-state index < -0.39 is 25.9 Å². The molecule has 17 heavy (non-hydrogen) atoms. The molecule has 0 heterocycles. The molecule has 2 aliphatic rings. The average Bonchev–Trinajstić information content (AvgIpc) is 2.64. The smallest absolute Gasteiger partial charge is 0.158 e. The first-order valence-corrected chi connectivity index (χ1v) is 8.07. The van der Waals surface area contributed by atoms with Crippen molar-refractivity contribution >= 4 is 9.84 Å². The summed E-state index contributed by atoms with van der Waals surface area (Å²) in [6, 6.07) is 0. The SMILES string of the molecule is CC(C)S(=O)(=O)C1CC2C(CC1(C)O)C2(C)C. The highest BCUT2D eigenvalue weighted by molar-refractivity contribution is 7.92. The Morgan fingerprint density at radius 2 is 1.71 bits per heavy atom. The molecule has 0 saturated heterocycles. The van der Waals surface area contributed by atoms with Crippen LogP contribution in [0, 0.1) is 17.3 Å². The molecular formula is C13H24O3S. The van der Waals surface area contributed by atoms with Crippen molar-refractivity contribution in [3.63, 3.8) is 0 Å². The van der Waals surface area contributed by atoms with Crippen molar-refractivity contribution in [2.45, 2.75) is 63.6 Å². The molecule has 2 aliphatic carbocycles. The van der Waals surface area contributed by atoms with Gasteiger partial charge >= 0.3 is 0 Å².